The molecular weight excluding hydrogens is 396 g/mol. The lowest BCUT2D eigenvalue weighted by molar-refractivity contribution is -0.394. The number of nitro benzene ring substituents is 2. The number of carbonyl (C=O) groups excluding carboxylic acids is 1. The van der Waals surface area contributed by atoms with Gasteiger partial charge < -0.3 is 25.6 Å². The van der Waals surface area contributed by atoms with Crippen molar-refractivity contribution in [2.24, 2.45) is 5.73 Å². The highest BCUT2D eigenvalue weighted by Gasteiger charge is 2.39. The lowest BCUT2D eigenvalue weighted by atomic mass is 10.1. The van der Waals surface area contributed by atoms with Crippen LogP contribution < -0.4 is 15.4 Å². The average molecular weight is 412 g/mol. The third-order valence-corrected chi connectivity index (χ3v) is 4.18. The van der Waals surface area contributed by atoms with E-state index in [1.54, 1.807) is 0 Å². The maximum Gasteiger partial charge on any atom is 0.341 e. The molecule has 156 valence electrons. The van der Waals surface area contributed by atoms with E-state index in [0.717, 1.165) is 4.90 Å². The molecule has 0 aliphatic carbocycles. The Hall–Kier alpha value is -3.81. The van der Waals surface area contributed by atoms with Crippen molar-refractivity contribution in [2.75, 3.05) is 18.1 Å². The second-order valence-corrected chi connectivity index (χ2v) is 6.05. The van der Waals surface area contributed by atoms with Gasteiger partial charge in [-0.1, -0.05) is 0 Å². The first-order chi connectivity index (χ1) is 13.5. The summed E-state index contributed by atoms with van der Waals surface area (Å²) in [6.07, 6.45) is -0.598. The Morgan fingerprint density at radius 1 is 1.21 bits per heavy atom. The molecule has 0 radical (unpaired) electrons. The Bertz CT molecular complexity index is 900. The summed E-state index contributed by atoms with van der Waals surface area (Å²) < 4.78 is 5.00. The molecule has 1 heterocycles. The first-order valence-corrected chi connectivity index (χ1v) is 8.16. The summed E-state index contributed by atoms with van der Waals surface area (Å²) >= 11 is 0. The molecule has 4 N–H and O–H groups in total. The third kappa shape index (κ3) is 4.55. The number of carboxylic acids is 2. The van der Waals surface area contributed by atoms with Crippen molar-refractivity contribution in [1.29, 1.82) is 0 Å². The van der Waals surface area contributed by atoms with Crippen LogP contribution in [-0.4, -0.2) is 57.1 Å². The smallest absolute Gasteiger partial charge is 0.341 e. The molecule has 0 fully saturated rings. The summed E-state index contributed by atoms with van der Waals surface area (Å²) in [5, 5.41) is 40.3. The standard InChI is InChI=1S/C15H16N4O10/c16-8(15(23)24)1-2-11(20)17-4-3-7-13(17)9(18(25)26)5-10(19(27)28)14(7)29-6-12(21)22/h5,8H,1-4,6,16H2,(H,21,22)(H,23,24). The van der Waals surface area contributed by atoms with E-state index in [1.807, 2.05) is 0 Å². The molecule has 1 atom stereocenters. The van der Waals surface area contributed by atoms with Gasteiger partial charge >= 0.3 is 17.6 Å². The van der Waals surface area contributed by atoms with E-state index in [0.29, 0.717) is 6.07 Å². The van der Waals surface area contributed by atoms with Crippen molar-refractivity contribution < 1.29 is 39.2 Å². The van der Waals surface area contributed by atoms with Crippen LogP contribution in [0.15, 0.2) is 6.07 Å². The molecule has 0 saturated heterocycles. The van der Waals surface area contributed by atoms with E-state index in [9.17, 15) is 34.6 Å². The van der Waals surface area contributed by atoms with Crippen molar-refractivity contribution >= 4 is 34.9 Å². The molecule has 1 amide bonds. The van der Waals surface area contributed by atoms with Gasteiger partial charge in [0.05, 0.1) is 9.85 Å². The molecule has 0 bridgehead atoms. The quantitative estimate of drug-likeness (QED) is 0.363. The minimum Gasteiger partial charge on any atom is -0.480 e. The van der Waals surface area contributed by atoms with Gasteiger partial charge in [-0.3, -0.25) is 29.8 Å². The SMILES string of the molecule is NC(CCC(=O)N1CCc2c(OCC(=O)O)c([N+](=O)[O-])cc([N+](=O)[O-])c21)C(=O)O. The number of hydrogen-bond donors (Lipinski definition) is 3. The molecule has 1 aromatic rings. The normalized spacial score (nSPS) is 13.5. The second kappa shape index (κ2) is 8.47. The summed E-state index contributed by atoms with van der Waals surface area (Å²) in [5.74, 6) is -3.86. The summed E-state index contributed by atoms with van der Waals surface area (Å²) in [6, 6.07) is -0.702. The number of nitrogens with two attached hydrogens (primary N) is 1. The highest BCUT2D eigenvalue weighted by molar-refractivity contribution is 5.99. The zero-order chi connectivity index (χ0) is 21.9. The van der Waals surface area contributed by atoms with Crippen LogP contribution in [0.3, 0.4) is 0 Å². The molecule has 2 rings (SSSR count). The molecule has 1 aliphatic heterocycles. The minimum absolute atomic E-state index is 0.0389. The van der Waals surface area contributed by atoms with E-state index in [2.05, 4.69) is 0 Å². The van der Waals surface area contributed by atoms with Gasteiger partial charge in [-0.05, 0) is 12.8 Å². The predicted molar refractivity (Wildman–Crippen MR) is 93.8 cm³/mol. The van der Waals surface area contributed by atoms with E-state index in [-0.39, 0.29) is 37.1 Å². The molecule has 0 aromatic heterocycles. The Kier molecular flexibility index (Phi) is 6.28. The van der Waals surface area contributed by atoms with Crippen molar-refractivity contribution in [2.45, 2.75) is 25.3 Å². The number of hydrogen-bond acceptors (Lipinski definition) is 9. The van der Waals surface area contributed by atoms with E-state index >= 15 is 0 Å². The van der Waals surface area contributed by atoms with E-state index in [1.165, 1.54) is 0 Å². The number of benzene rings is 1. The first kappa shape index (κ1) is 21.5. The molecule has 1 aromatic carbocycles. The van der Waals surface area contributed by atoms with Gasteiger partial charge in [0.15, 0.2) is 6.61 Å². The van der Waals surface area contributed by atoms with Crippen molar-refractivity contribution in [3.05, 3.63) is 31.9 Å². The molecule has 0 saturated carbocycles. The summed E-state index contributed by atoms with van der Waals surface area (Å²) in [7, 11) is 0. The fourth-order valence-electron chi connectivity index (χ4n) is 2.91. The highest BCUT2D eigenvalue weighted by atomic mass is 16.6. The number of nitro groups is 2. The van der Waals surface area contributed by atoms with Gasteiger partial charge in [0.25, 0.3) is 5.69 Å². The van der Waals surface area contributed by atoms with Crippen LogP contribution in [0.25, 0.3) is 0 Å². The van der Waals surface area contributed by atoms with Crippen LogP contribution >= 0.6 is 0 Å². The maximum absolute atomic E-state index is 12.5. The number of nitrogens with zero attached hydrogens (tertiary/aromatic N) is 3. The van der Waals surface area contributed by atoms with Crippen LogP contribution in [0.1, 0.15) is 18.4 Å². The maximum atomic E-state index is 12.5. The third-order valence-electron chi connectivity index (χ3n) is 4.18. The number of rotatable bonds is 9. The van der Waals surface area contributed by atoms with Gasteiger partial charge in [-0.25, -0.2) is 4.79 Å². The molecular formula is C15H16N4O10. The Labute approximate surface area is 161 Å². The Morgan fingerprint density at radius 3 is 2.34 bits per heavy atom. The van der Waals surface area contributed by atoms with Crippen LogP contribution in [0.4, 0.5) is 17.1 Å². The van der Waals surface area contributed by atoms with Crippen LogP contribution in [0.2, 0.25) is 0 Å². The minimum atomic E-state index is -1.42. The van der Waals surface area contributed by atoms with Crippen LogP contribution in [0, 0.1) is 20.2 Å². The number of aliphatic carboxylic acids is 2. The van der Waals surface area contributed by atoms with Gasteiger partial charge in [-0.15, -0.1) is 0 Å². The first-order valence-electron chi connectivity index (χ1n) is 8.16. The molecule has 0 spiro atoms. The number of anilines is 1. The highest BCUT2D eigenvalue weighted by Crippen LogP contribution is 2.47. The molecule has 1 aliphatic rings. The van der Waals surface area contributed by atoms with Crippen LogP contribution in [0.5, 0.6) is 5.75 Å². The topological polar surface area (TPSA) is 216 Å². The Balaban J connectivity index is 2.49. The molecule has 14 heteroatoms. The summed E-state index contributed by atoms with van der Waals surface area (Å²) in [5.41, 5.74) is 3.56. The fraction of sp³-hybridized carbons (Fsp3) is 0.400. The summed E-state index contributed by atoms with van der Waals surface area (Å²) in [6.45, 7) is -1.01. The molecule has 14 nitrogen and oxygen atoms in total. The average Bonchev–Trinajstić information content (AvgIpc) is 3.07. The monoisotopic (exact) mass is 412 g/mol. The van der Waals surface area contributed by atoms with Crippen molar-refractivity contribution in [3.8, 4) is 5.75 Å². The van der Waals surface area contributed by atoms with Gasteiger partial charge in [0, 0.05) is 18.5 Å². The predicted octanol–water partition coefficient (Wildman–Crippen LogP) is 0.0476. The fourth-order valence-corrected chi connectivity index (χ4v) is 2.91. The van der Waals surface area contributed by atoms with Crippen molar-refractivity contribution in [1.82, 2.24) is 0 Å². The van der Waals surface area contributed by atoms with Gasteiger partial charge in [-0.2, -0.15) is 0 Å². The van der Waals surface area contributed by atoms with Gasteiger partial charge in [0.1, 0.15) is 17.8 Å². The zero-order valence-corrected chi connectivity index (χ0v) is 14.8. The number of amides is 1. The zero-order valence-electron chi connectivity index (χ0n) is 14.8. The van der Waals surface area contributed by atoms with Crippen molar-refractivity contribution in [3.63, 3.8) is 0 Å². The largest absolute Gasteiger partial charge is 0.480 e. The lowest BCUT2D eigenvalue weighted by Gasteiger charge is -2.18. The summed E-state index contributed by atoms with van der Waals surface area (Å²) in [4.78, 5) is 56.0. The number of carbonyl (C=O) groups is 3. The Morgan fingerprint density at radius 2 is 1.83 bits per heavy atom. The molecule has 29 heavy (non-hydrogen) atoms. The number of ether oxygens (including phenoxy) is 1. The lowest BCUT2D eigenvalue weighted by Crippen LogP contribution is -2.34. The number of carboxylic acid groups (broad SMARTS) is 2. The van der Waals surface area contributed by atoms with Crippen LogP contribution in [-0.2, 0) is 20.8 Å². The number of fused-ring (bicyclic) bond motifs is 1. The molecule has 1 unspecified atom stereocenters. The van der Waals surface area contributed by atoms with Gasteiger partial charge in [0.2, 0.25) is 11.7 Å². The van der Waals surface area contributed by atoms with E-state index in [4.69, 9.17) is 20.7 Å². The second-order valence-electron chi connectivity index (χ2n) is 6.05. The van der Waals surface area contributed by atoms with E-state index < -0.39 is 57.5 Å².